The van der Waals surface area contributed by atoms with Gasteiger partial charge in [0.25, 0.3) is 0 Å². The molecule has 0 radical (unpaired) electrons. The van der Waals surface area contributed by atoms with Crippen molar-refractivity contribution >= 4 is 29.9 Å². The lowest BCUT2D eigenvalue weighted by molar-refractivity contribution is 0.501. The second-order valence-corrected chi connectivity index (χ2v) is 6.02. The second kappa shape index (κ2) is 10.1. The summed E-state index contributed by atoms with van der Waals surface area (Å²) in [5.74, 6) is 1.63. The molecule has 0 saturated heterocycles. The fourth-order valence-corrected chi connectivity index (χ4v) is 2.81. The molecule has 2 aromatic heterocycles. The normalized spacial score (nSPS) is 11.1. The van der Waals surface area contributed by atoms with Crippen LogP contribution in [0.4, 0.5) is 0 Å². The van der Waals surface area contributed by atoms with Crippen LogP contribution in [0.2, 0.25) is 0 Å². The van der Waals surface area contributed by atoms with Crippen LogP contribution in [0.1, 0.15) is 29.6 Å². The molecule has 0 bridgehead atoms. The zero-order valence-electron chi connectivity index (χ0n) is 15.9. The van der Waals surface area contributed by atoms with Gasteiger partial charge in [0.2, 0.25) is 0 Å². The molecule has 27 heavy (non-hydrogen) atoms. The van der Waals surface area contributed by atoms with E-state index in [0.29, 0.717) is 13.1 Å². The van der Waals surface area contributed by atoms with Gasteiger partial charge in [0.15, 0.2) is 5.96 Å². The summed E-state index contributed by atoms with van der Waals surface area (Å²) in [6, 6.07) is 14.0. The predicted octanol–water partition coefficient (Wildman–Crippen LogP) is 3.96. The minimum atomic E-state index is 0. The Hall–Kier alpha value is -2.29. The molecule has 0 fully saturated rings. The van der Waals surface area contributed by atoms with Crippen LogP contribution in [0.15, 0.2) is 58.1 Å². The standard InChI is InChI=1S/C20H25N5O.HI/c1-4-21-20(22-13-18-11-8-12-26-18)23-14-19-15(2)24-25(16(19)3)17-9-6-5-7-10-17;/h5-12H,4,13-14H2,1-3H3,(H2,21,22,23);1H. The number of rotatable bonds is 6. The van der Waals surface area contributed by atoms with Crippen molar-refractivity contribution in [1.82, 2.24) is 20.4 Å². The highest BCUT2D eigenvalue weighted by Gasteiger charge is 2.12. The molecule has 0 amide bonds. The van der Waals surface area contributed by atoms with Crippen LogP contribution in [-0.4, -0.2) is 22.3 Å². The first-order valence-electron chi connectivity index (χ1n) is 8.84. The molecule has 0 spiro atoms. The average molecular weight is 479 g/mol. The van der Waals surface area contributed by atoms with E-state index in [1.807, 2.05) is 48.9 Å². The lowest BCUT2D eigenvalue weighted by Gasteiger charge is -2.10. The maximum atomic E-state index is 5.36. The van der Waals surface area contributed by atoms with E-state index in [4.69, 9.17) is 9.41 Å². The number of nitrogens with one attached hydrogen (secondary N) is 2. The summed E-state index contributed by atoms with van der Waals surface area (Å²) in [6.45, 7) is 8.12. The number of aromatic nitrogens is 2. The Kier molecular flexibility index (Phi) is 7.90. The zero-order chi connectivity index (χ0) is 18.4. The van der Waals surface area contributed by atoms with E-state index in [1.165, 1.54) is 0 Å². The molecule has 3 aromatic rings. The number of nitrogens with zero attached hydrogens (tertiary/aromatic N) is 3. The second-order valence-electron chi connectivity index (χ2n) is 6.02. The molecule has 3 rings (SSSR count). The summed E-state index contributed by atoms with van der Waals surface area (Å²) < 4.78 is 7.33. The van der Waals surface area contributed by atoms with E-state index in [9.17, 15) is 0 Å². The molecule has 0 aliphatic rings. The summed E-state index contributed by atoms with van der Waals surface area (Å²) in [5.41, 5.74) is 4.31. The highest BCUT2D eigenvalue weighted by molar-refractivity contribution is 14.0. The van der Waals surface area contributed by atoms with Crippen LogP contribution in [0.5, 0.6) is 0 Å². The fraction of sp³-hybridized carbons (Fsp3) is 0.300. The maximum absolute atomic E-state index is 5.36. The number of benzene rings is 1. The molecular weight excluding hydrogens is 453 g/mol. The maximum Gasteiger partial charge on any atom is 0.191 e. The van der Waals surface area contributed by atoms with Crippen molar-refractivity contribution in [3.63, 3.8) is 0 Å². The molecule has 144 valence electrons. The van der Waals surface area contributed by atoms with Crippen molar-refractivity contribution in [1.29, 1.82) is 0 Å². The van der Waals surface area contributed by atoms with Gasteiger partial charge in [-0.1, -0.05) is 18.2 Å². The number of hydrogen-bond acceptors (Lipinski definition) is 3. The SMILES string of the molecule is CCNC(=NCc1c(C)nn(-c2ccccc2)c1C)NCc1ccco1.I. The average Bonchev–Trinajstić information content (AvgIpc) is 3.27. The van der Waals surface area contributed by atoms with Crippen molar-refractivity contribution in [3.05, 3.63) is 71.4 Å². The van der Waals surface area contributed by atoms with Crippen molar-refractivity contribution in [2.24, 2.45) is 4.99 Å². The Morgan fingerprint density at radius 3 is 2.56 bits per heavy atom. The number of aryl methyl sites for hydroxylation is 1. The Morgan fingerprint density at radius 1 is 1.11 bits per heavy atom. The highest BCUT2D eigenvalue weighted by atomic mass is 127. The van der Waals surface area contributed by atoms with Crippen LogP contribution in [0, 0.1) is 13.8 Å². The van der Waals surface area contributed by atoms with Gasteiger partial charge in [-0.15, -0.1) is 24.0 Å². The molecule has 0 aliphatic carbocycles. The van der Waals surface area contributed by atoms with E-state index < -0.39 is 0 Å². The van der Waals surface area contributed by atoms with Crippen molar-refractivity contribution in [2.45, 2.75) is 33.9 Å². The Bertz CT molecular complexity index is 856. The molecule has 6 nitrogen and oxygen atoms in total. The Morgan fingerprint density at radius 2 is 1.89 bits per heavy atom. The van der Waals surface area contributed by atoms with Crippen LogP contribution in [0.25, 0.3) is 5.69 Å². The third kappa shape index (κ3) is 5.35. The Balaban J connectivity index is 0.00000261. The monoisotopic (exact) mass is 479 g/mol. The smallest absolute Gasteiger partial charge is 0.191 e. The number of para-hydroxylation sites is 1. The van der Waals surface area contributed by atoms with Gasteiger partial charge in [-0.25, -0.2) is 9.67 Å². The molecular formula is C20H26IN5O. The molecule has 2 heterocycles. The first kappa shape index (κ1) is 21.0. The fourth-order valence-electron chi connectivity index (χ4n) is 2.81. The first-order valence-corrected chi connectivity index (χ1v) is 8.84. The van der Waals surface area contributed by atoms with Gasteiger partial charge in [0.1, 0.15) is 5.76 Å². The van der Waals surface area contributed by atoms with Gasteiger partial charge in [-0.3, -0.25) is 0 Å². The van der Waals surface area contributed by atoms with E-state index >= 15 is 0 Å². The van der Waals surface area contributed by atoms with Gasteiger partial charge in [-0.2, -0.15) is 5.10 Å². The number of halogens is 1. The van der Waals surface area contributed by atoms with Gasteiger partial charge < -0.3 is 15.1 Å². The molecule has 7 heteroatoms. The first-order chi connectivity index (χ1) is 12.7. The van der Waals surface area contributed by atoms with Gasteiger partial charge in [0.05, 0.1) is 30.7 Å². The van der Waals surface area contributed by atoms with Crippen LogP contribution >= 0.6 is 24.0 Å². The summed E-state index contributed by atoms with van der Waals surface area (Å²) >= 11 is 0. The quantitative estimate of drug-likeness (QED) is 0.319. The molecule has 0 atom stereocenters. The lowest BCUT2D eigenvalue weighted by atomic mass is 10.2. The van der Waals surface area contributed by atoms with Crippen LogP contribution < -0.4 is 10.6 Å². The van der Waals surface area contributed by atoms with Crippen LogP contribution in [0.3, 0.4) is 0 Å². The van der Waals surface area contributed by atoms with Crippen LogP contribution in [-0.2, 0) is 13.1 Å². The van der Waals surface area contributed by atoms with Gasteiger partial charge in [0, 0.05) is 17.8 Å². The highest BCUT2D eigenvalue weighted by Crippen LogP contribution is 2.18. The lowest BCUT2D eigenvalue weighted by Crippen LogP contribution is -2.36. The minimum absolute atomic E-state index is 0. The summed E-state index contributed by atoms with van der Waals surface area (Å²) in [5, 5.41) is 11.2. The van der Waals surface area contributed by atoms with Crippen molar-refractivity contribution in [3.8, 4) is 5.69 Å². The third-order valence-corrected chi connectivity index (χ3v) is 4.19. The number of furan rings is 1. The van der Waals surface area contributed by atoms with E-state index in [2.05, 4.69) is 34.8 Å². The molecule has 0 saturated carbocycles. The predicted molar refractivity (Wildman–Crippen MR) is 119 cm³/mol. The molecule has 0 aliphatic heterocycles. The van der Waals surface area contributed by atoms with E-state index in [-0.39, 0.29) is 24.0 Å². The van der Waals surface area contributed by atoms with E-state index in [0.717, 1.165) is 40.9 Å². The largest absolute Gasteiger partial charge is 0.467 e. The van der Waals surface area contributed by atoms with Gasteiger partial charge >= 0.3 is 0 Å². The summed E-state index contributed by atoms with van der Waals surface area (Å²) in [7, 11) is 0. The molecule has 0 unspecified atom stereocenters. The zero-order valence-corrected chi connectivity index (χ0v) is 18.2. The number of hydrogen-bond donors (Lipinski definition) is 2. The minimum Gasteiger partial charge on any atom is -0.467 e. The Labute approximate surface area is 177 Å². The van der Waals surface area contributed by atoms with Crippen molar-refractivity contribution in [2.75, 3.05) is 6.54 Å². The summed E-state index contributed by atoms with van der Waals surface area (Å²) in [4.78, 5) is 4.71. The topological polar surface area (TPSA) is 67.4 Å². The molecule has 1 aromatic carbocycles. The number of guanidine groups is 1. The van der Waals surface area contributed by atoms with Gasteiger partial charge in [-0.05, 0) is 45.0 Å². The number of aliphatic imine (C=N–C) groups is 1. The molecule has 2 N–H and O–H groups in total. The van der Waals surface area contributed by atoms with E-state index in [1.54, 1.807) is 6.26 Å². The van der Waals surface area contributed by atoms with Crippen molar-refractivity contribution < 1.29 is 4.42 Å². The summed E-state index contributed by atoms with van der Waals surface area (Å²) in [6.07, 6.45) is 1.67. The third-order valence-electron chi connectivity index (χ3n) is 4.19.